The molecule has 0 spiro atoms. The summed E-state index contributed by atoms with van der Waals surface area (Å²) in [6.45, 7) is 7.05. The zero-order valence-corrected chi connectivity index (χ0v) is 14.9. The molecule has 1 fully saturated rings. The molecule has 8 heteroatoms. The molecule has 2 N–H and O–H groups in total. The first-order valence-corrected chi connectivity index (χ1v) is 9.16. The second-order valence-electron chi connectivity index (χ2n) is 5.75. The quantitative estimate of drug-likeness (QED) is 0.690. The average molecular weight is 345 g/mol. The van der Waals surface area contributed by atoms with Gasteiger partial charge >= 0.3 is 6.09 Å². The van der Waals surface area contributed by atoms with Crippen molar-refractivity contribution in [2.24, 2.45) is 5.92 Å². The number of carbonyl (C=O) groups is 3. The van der Waals surface area contributed by atoms with Crippen LogP contribution >= 0.6 is 11.8 Å². The first kappa shape index (κ1) is 19.6. The van der Waals surface area contributed by atoms with Crippen molar-refractivity contribution >= 4 is 29.7 Å². The number of alkyl carbamates (subject to hydrolysis) is 1. The number of carbonyl (C=O) groups excluding carboxylic acids is 3. The molecule has 0 aliphatic carbocycles. The molecule has 0 aromatic rings. The molecule has 0 aromatic heterocycles. The average Bonchev–Trinajstić information content (AvgIpc) is 2.96. The minimum absolute atomic E-state index is 0.0950. The van der Waals surface area contributed by atoms with Crippen molar-refractivity contribution in [2.75, 3.05) is 31.3 Å². The van der Waals surface area contributed by atoms with Crippen LogP contribution in [0, 0.1) is 5.92 Å². The summed E-state index contributed by atoms with van der Waals surface area (Å²) in [7, 11) is 0. The van der Waals surface area contributed by atoms with Gasteiger partial charge in [0.05, 0.1) is 12.5 Å². The maximum atomic E-state index is 12.2. The van der Waals surface area contributed by atoms with E-state index in [1.165, 1.54) is 0 Å². The van der Waals surface area contributed by atoms with Crippen LogP contribution in [-0.4, -0.2) is 60.2 Å². The van der Waals surface area contributed by atoms with E-state index in [0.29, 0.717) is 30.7 Å². The maximum Gasteiger partial charge on any atom is 0.407 e. The van der Waals surface area contributed by atoms with Gasteiger partial charge in [0.15, 0.2) is 0 Å². The third kappa shape index (κ3) is 7.11. The molecule has 1 aliphatic rings. The molecule has 1 rings (SSSR count). The van der Waals surface area contributed by atoms with Crippen molar-refractivity contribution < 1.29 is 19.1 Å². The predicted octanol–water partition coefficient (Wildman–Crippen LogP) is 1.19. The van der Waals surface area contributed by atoms with Gasteiger partial charge in [0.1, 0.15) is 6.04 Å². The predicted molar refractivity (Wildman–Crippen MR) is 90.1 cm³/mol. The normalized spacial score (nSPS) is 17.2. The first-order valence-electron chi connectivity index (χ1n) is 8.01. The topological polar surface area (TPSA) is 87.7 Å². The molecule has 0 aromatic carbocycles. The van der Waals surface area contributed by atoms with Crippen molar-refractivity contribution in [3.63, 3.8) is 0 Å². The SMILES string of the molecule is CCOC(=O)NCCC(=O)N1CSCC1C(=O)NCCC(C)C. The van der Waals surface area contributed by atoms with Gasteiger partial charge in [0, 0.05) is 25.3 Å². The number of thioether (sulfide) groups is 1. The number of hydrogen-bond acceptors (Lipinski definition) is 5. The van der Waals surface area contributed by atoms with Crippen molar-refractivity contribution in [2.45, 2.75) is 39.7 Å². The van der Waals surface area contributed by atoms with E-state index in [-0.39, 0.29) is 24.8 Å². The Morgan fingerprint density at radius 1 is 1.26 bits per heavy atom. The Morgan fingerprint density at radius 2 is 2.00 bits per heavy atom. The van der Waals surface area contributed by atoms with Gasteiger partial charge in [-0.2, -0.15) is 0 Å². The summed E-state index contributed by atoms with van der Waals surface area (Å²) in [5, 5.41) is 5.41. The van der Waals surface area contributed by atoms with Gasteiger partial charge in [-0.25, -0.2) is 4.79 Å². The number of rotatable bonds is 8. The Kier molecular flexibility index (Phi) is 8.83. The first-order chi connectivity index (χ1) is 11.0. The number of hydrogen-bond donors (Lipinski definition) is 2. The van der Waals surface area contributed by atoms with E-state index >= 15 is 0 Å². The highest BCUT2D eigenvalue weighted by molar-refractivity contribution is 7.99. The Morgan fingerprint density at radius 3 is 2.65 bits per heavy atom. The number of amides is 3. The van der Waals surface area contributed by atoms with Gasteiger partial charge in [-0.3, -0.25) is 9.59 Å². The lowest BCUT2D eigenvalue weighted by atomic mass is 10.1. The Hall–Kier alpha value is -1.44. The summed E-state index contributed by atoms with van der Waals surface area (Å²) in [6, 6.07) is -0.415. The number of nitrogens with one attached hydrogen (secondary N) is 2. The van der Waals surface area contributed by atoms with Crippen LogP contribution in [0.4, 0.5) is 4.79 Å². The largest absolute Gasteiger partial charge is 0.450 e. The summed E-state index contributed by atoms with van der Waals surface area (Å²) >= 11 is 1.57. The van der Waals surface area contributed by atoms with E-state index in [9.17, 15) is 14.4 Å². The Labute approximate surface area is 141 Å². The molecule has 1 unspecified atom stereocenters. The molecule has 1 saturated heterocycles. The molecule has 3 amide bonds. The molecule has 7 nitrogen and oxygen atoms in total. The third-order valence-corrected chi connectivity index (χ3v) is 4.42. The zero-order valence-electron chi connectivity index (χ0n) is 14.1. The third-order valence-electron chi connectivity index (χ3n) is 3.41. The fourth-order valence-electron chi connectivity index (χ4n) is 2.10. The van der Waals surface area contributed by atoms with Gasteiger partial charge in [-0.15, -0.1) is 11.8 Å². The Bertz CT molecular complexity index is 418. The lowest BCUT2D eigenvalue weighted by Gasteiger charge is -2.23. The summed E-state index contributed by atoms with van der Waals surface area (Å²) in [5.74, 6) is 1.43. The summed E-state index contributed by atoms with van der Waals surface area (Å²) in [6.07, 6.45) is 0.553. The van der Waals surface area contributed by atoms with Crippen LogP contribution < -0.4 is 10.6 Å². The van der Waals surface area contributed by atoms with Crippen molar-refractivity contribution in [1.82, 2.24) is 15.5 Å². The highest BCUT2D eigenvalue weighted by Crippen LogP contribution is 2.21. The minimum atomic E-state index is -0.529. The van der Waals surface area contributed by atoms with Crippen LogP contribution in [0.25, 0.3) is 0 Å². The van der Waals surface area contributed by atoms with Gasteiger partial charge in [-0.1, -0.05) is 13.8 Å². The summed E-state index contributed by atoms with van der Waals surface area (Å²) in [5.41, 5.74) is 0. The molecule has 132 valence electrons. The van der Waals surface area contributed by atoms with Gasteiger partial charge in [0.2, 0.25) is 11.8 Å². The fraction of sp³-hybridized carbons (Fsp3) is 0.800. The molecule has 1 atom stereocenters. The van der Waals surface area contributed by atoms with Crippen LogP contribution in [0.2, 0.25) is 0 Å². The lowest BCUT2D eigenvalue weighted by molar-refractivity contribution is -0.137. The highest BCUT2D eigenvalue weighted by Gasteiger charge is 2.34. The molecule has 1 aliphatic heterocycles. The molecule has 23 heavy (non-hydrogen) atoms. The van der Waals surface area contributed by atoms with E-state index < -0.39 is 12.1 Å². The van der Waals surface area contributed by atoms with Gasteiger partial charge < -0.3 is 20.3 Å². The van der Waals surface area contributed by atoms with Crippen LogP contribution in [-0.2, 0) is 14.3 Å². The lowest BCUT2D eigenvalue weighted by Crippen LogP contribution is -2.48. The smallest absolute Gasteiger partial charge is 0.407 e. The standard InChI is InChI=1S/C15H27N3O4S/c1-4-22-15(21)17-8-6-13(19)18-10-23-9-12(18)14(20)16-7-5-11(2)3/h11-12H,4-10H2,1-3H3,(H,16,20)(H,17,21). The summed E-state index contributed by atoms with van der Waals surface area (Å²) in [4.78, 5) is 37.2. The van der Waals surface area contributed by atoms with Crippen molar-refractivity contribution in [1.29, 1.82) is 0 Å². The zero-order chi connectivity index (χ0) is 17.2. The molecule has 0 saturated carbocycles. The van der Waals surface area contributed by atoms with E-state index in [2.05, 4.69) is 24.5 Å². The van der Waals surface area contributed by atoms with Crippen LogP contribution in [0.5, 0.6) is 0 Å². The van der Waals surface area contributed by atoms with Gasteiger partial charge in [-0.05, 0) is 19.3 Å². The maximum absolute atomic E-state index is 12.2. The van der Waals surface area contributed by atoms with E-state index in [4.69, 9.17) is 4.74 Å². The number of ether oxygens (including phenoxy) is 1. The van der Waals surface area contributed by atoms with Crippen molar-refractivity contribution in [3.8, 4) is 0 Å². The van der Waals surface area contributed by atoms with Crippen LogP contribution in [0.15, 0.2) is 0 Å². The Balaban J connectivity index is 2.37. The second kappa shape index (κ2) is 10.4. The van der Waals surface area contributed by atoms with E-state index in [1.807, 2.05) is 0 Å². The van der Waals surface area contributed by atoms with E-state index in [0.717, 1.165) is 6.42 Å². The fourth-order valence-corrected chi connectivity index (χ4v) is 3.29. The molecule has 0 bridgehead atoms. The van der Waals surface area contributed by atoms with Gasteiger partial charge in [0.25, 0.3) is 0 Å². The van der Waals surface area contributed by atoms with Crippen LogP contribution in [0.3, 0.4) is 0 Å². The molecular weight excluding hydrogens is 318 g/mol. The molecule has 0 radical (unpaired) electrons. The molecule has 1 heterocycles. The number of nitrogens with zero attached hydrogens (tertiary/aromatic N) is 1. The van der Waals surface area contributed by atoms with Crippen LogP contribution in [0.1, 0.15) is 33.6 Å². The monoisotopic (exact) mass is 345 g/mol. The minimum Gasteiger partial charge on any atom is -0.450 e. The van der Waals surface area contributed by atoms with Crippen molar-refractivity contribution in [3.05, 3.63) is 0 Å². The highest BCUT2D eigenvalue weighted by atomic mass is 32.2. The second-order valence-corrected chi connectivity index (χ2v) is 6.75. The molecular formula is C15H27N3O4S. The summed E-state index contributed by atoms with van der Waals surface area (Å²) < 4.78 is 4.73. The van der Waals surface area contributed by atoms with E-state index in [1.54, 1.807) is 23.6 Å².